The first-order chi connectivity index (χ1) is 9.42. The number of rotatable bonds is 4. The van der Waals surface area contributed by atoms with Crippen LogP contribution in [0.15, 0.2) is 12.4 Å². The van der Waals surface area contributed by atoms with E-state index in [0.29, 0.717) is 6.04 Å². The fourth-order valence-electron chi connectivity index (χ4n) is 2.89. The van der Waals surface area contributed by atoms with Gasteiger partial charge in [-0.2, -0.15) is 0 Å². The van der Waals surface area contributed by atoms with E-state index >= 15 is 0 Å². The highest BCUT2D eigenvalue weighted by atomic mass is 15.2. The highest BCUT2D eigenvalue weighted by molar-refractivity contribution is 5.48. The smallest absolute Gasteiger partial charge is 0.134 e. The van der Waals surface area contributed by atoms with Crippen molar-refractivity contribution in [3.05, 3.63) is 12.4 Å². The minimum absolute atomic E-state index is 0.582. The molecule has 0 aromatic carbocycles. The fourth-order valence-corrected chi connectivity index (χ4v) is 2.89. The lowest BCUT2D eigenvalue weighted by molar-refractivity contribution is 0.414. The minimum Gasteiger partial charge on any atom is -0.368 e. The Bertz CT molecular complexity index is 397. The number of piperidine rings is 1. The van der Waals surface area contributed by atoms with Crippen molar-refractivity contribution in [2.24, 2.45) is 0 Å². The summed E-state index contributed by atoms with van der Waals surface area (Å²) >= 11 is 0. The SMILES string of the molecule is c1nc(NCC2CCCCN2)cc(N2CCCC2)n1. The van der Waals surface area contributed by atoms with E-state index in [4.69, 9.17) is 0 Å². The Morgan fingerprint density at radius 3 is 2.89 bits per heavy atom. The maximum atomic E-state index is 4.38. The molecule has 0 bridgehead atoms. The van der Waals surface area contributed by atoms with Gasteiger partial charge in [-0.25, -0.2) is 9.97 Å². The van der Waals surface area contributed by atoms with Crippen LogP contribution in [0.1, 0.15) is 32.1 Å². The Labute approximate surface area is 114 Å². The van der Waals surface area contributed by atoms with Crippen molar-refractivity contribution in [2.75, 3.05) is 36.4 Å². The first-order valence-corrected chi connectivity index (χ1v) is 7.46. The molecule has 5 heteroatoms. The van der Waals surface area contributed by atoms with E-state index in [2.05, 4.69) is 31.6 Å². The second-order valence-corrected chi connectivity index (χ2v) is 5.48. The monoisotopic (exact) mass is 261 g/mol. The van der Waals surface area contributed by atoms with Gasteiger partial charge >= 0.3 is 0 Å². The van der Waals surface area contributed by atoms with E-state index in [9.17, 15) is 0 Å². The van der Waals surface area contributed by atoms with E-state index in [-0.39, 0.29) is 0 Å². The molecule has 5 nitrogen and oxygen atoms in total. The molecule has 1 aromatic rings. The Morgan fingerprint density at radius 1 is 1.21 bits per heavy atom. The van der Waals surface area contributed by atoms with Crippen molar-refractivity contribution in [3.8, 4) is 0 Å². The van der Waals surface area contributed by atoms with E-state index in [1.165, 1.54) is 32.1 Å². The van der Waals surface area contributed by atoms with Crippen LogP contribution in [0.25, 0.3) is 0 Å². The number of nitrogens with zero attached hydrogens (tertiary/aromatic N) is 3. The number of aromatic nitrogens is 2. The molecule has 2 aliphatic rings. The van der Waals surface area contributed by atoms with E-state index in [1.807, 2.05) is 0 Å². The second kappa shape index (κ2) is 6.19. The third-order valence-electron chi connectivity index (χ3n) is 4.02. The summed E-state index contributed by atoms with van der Waals surface area (Å²) in [7, 11) is 0. The zero-order valence-corrected chi connectivity index (χ0v) is 11.4. The Morgan fingerprint density at radius 2 is 2.11 bits per heavy atom. The lowest BCUT2D eigenvalue weighted by Crippen LogP contribution is -2.39. The van der Waals surface area contributed by atoms with Gasteiger partial charge in [0, 0.05) is 31.7 Å². The van der Waals surface area contributed by atoms with Crippen LogP contribution in [0.5, 0.6) is 0 Å². The molecule has 1 unspecified atom stereocenters. The molecule has 0 spiro atoms. The zero-order chi connectivity index (χ0) is 12.9. The van der Waals surface area contributed by atoms with Crippen molar-refractivity contribution in [2.45, 2.75) is 38.1 Å². The van der Waals surface area contributed by atoms with Crippen LogP contribution in [-0.4, -0.2) is 42.2 Å². The summed E-state index contributed by atoms with van der Waals surface area (Å²) in [6.45, 7) is 4.35. The quantitative estimate of drug-likeness (QED) is 0.863. The molecule has 2 N–H and O–H groups in total. The van der Waals surface area contributed by atoms with Gasteiger partial charge in [-0.05, 0) is 32.2 Å². The van der Waals surface area contributed by atoms with Crippen LogP contribution in [-0.2, 0) is 0 Å². The lowest BCUT2D eigenvalue weighted by atomic mass is 10.1. The van der Waals surface area contributed by atoms with E-state index in [1.54, 1.807) is 6.33 Å². The third kappa shape index (κ3) is 3.35. The van der Waals surface area contributed by atoms with E-state index in [0.717, 1.165) is 37.8 Å². The molecule has 2 aliphatic heterocycles. The van der Waals surface area contributed by atoms with Crippen molar-refractivity contribution < 1.29 is 0 Å². The van der Waals surface area contributed by atoms with Crippen LogP contribution in [0.2, 0.25) is 0 Å². The minimum atomic E-state index is 0.582. The molecule has 19 heavy (non-hydrogen) atoms. The Kier molecular flexibility index (Phi) is 4.13. The largest absolute Gasteiger partial charge is 0.368 e. The van der Waals surface area contributed by atoms with Crippen LogP contribution < -0.4 is 15.5 Å². The van der Waals surface area contributed by atoms with Gasteiger partial charge in [-0.15, -0.1) is 0 Å². The molecule has 3 rings (SSSR count). The summed E-state index contributed by atoms with van der Waals surface area (Å²) in [6.07, 6.45) is 8.13. The first-order valence-electron chi connectivity index (χ1n) is 7.46. The molecule has 0 radical (unpaired) electrons. The number of hydrogen-bond acceptors (Lipinski definition) is 5. The van der Waals surface area contributed by atoms with Gasteiger partial charge in [0.1, 0.15) is 18.0 Å². The molecule has 0 aliphatic carbocycles. The van der Waals surface area contributed by atoms with Gasteiger partial charge < -0.3 is 15.5 Å². The molecule has 1 aromatic heterocycles. The highest BCUT2D eigenvalue weighted by Gasteiger charge is 2.15. The second-order valence-electron chi connectivity index (χ2n) is 5.48. The van der Waals surface area contributed by atoms with Crippen molar-refractivity contribution in [3.63, 3.8) is 0 Å². The number of hydrogen-bond donors (Lipinski definition) is 2. The molecular formula is C14H23N5. The third-order valence-corrected chi connectivity index (χ3v) is 4.02. The highest BCUT2D eigenvalue weighted by Crippen LogP contribution is 2.19. The first kappa shape index (κ1) is 12.7. The standard InChI is InChI=1S/C14H23N5/c1-2-6-15-12(5-1)10-16-13-9-14(18-11-17-13)19-7-3-4-8-19/h9,11-12,15H,1-8,10H2,(H,16,17,18). The summed E-state index contributed by atoms with van der Waals surface area (Å²) in [5.41, 5.74) is 0. The maximum Gasteiger partial charge on any atom is 0.134 e. The molecule has 0 amide bonds. The summed E-state index contributed by atoms with van der Waals surface area (Å²) in [4.78, 5) is 11.0. The molecular weight excluding hydrogens is 238 g/mol. The van der Waals surface area contributed by atoms with Gasteiger partial charge in [0.2, 0.25) is 0 Å². The Balaban J connectivity index is 1.56. The van der Waals surface area contributed by atoms with Crippen LogP contribution in [0.4, 0.5) is 11.6 Å². The van der Waals surface area contributed by atoms with Gasteiger partial charge in [0.05, 0.1) is 0 Å². The maximum absolute atomic E-state index is 4.38. The van der Waals surface area contributed by atoms with Crippen LogP contribution in [0.3, 0.4) is 0 Å². The molecule has 0 saturated carbocycles. The van der Waals surface area contributed by atoms with Gasteiger partial charge in [0.15, 0.2) is 0 Å². The zero-order valence-electron chi connectivity index (χ0n) is 11.4. The van der Waals surface area contributed by atoms with Gasteiger partial charge in [-0.3, -0.25) is 0 Å². The predicted octanol–water partition coefficient (Wildman–Crippen LogP) is 1.63. The summed E-state index contributed by atoms with van der Waals surface area (Å²) < 4.78 is 0. The number of anilines is 2. The van der Waals surface area contributed by atoms with Crippen LogP contribution >= 0.6 is 0 Å². The molecule has 3 heterocycles. The molecule has 1 atom stereocenters. The van der Waals surface area contributed by atoms with Gasteiger partial charge in [0.25, 0.3) is 0 Å². The normalized spacial score (nSPS) is 23.6. The summed E-state index contributed by atoms with van der Waals surface area (Å²) in [5, 5.41) is 6.98. The molecule has 2 fully saturated rings. The predicted molar refractivity (Wildman–Crippen MR) is 77.6 cm³/mol. The molecule has 104 valence electrons. The van der Waals surface area contributed by atoms with Gasteiger partial charge in [-0.1, -0.05) is 6.42 Å². The Hall–Kier alpha value is -1.36. The average Bonchev–Trinajstić information content (AvgIpc) is 3.01. The summed E-state index contributed by atoms with van der Waals surface area (Å²) in [6, 6.07) is 2.66. The van der Waals surface area contributed by atoms with Crippen LogP contribution in [0, 0.1) is 0 Å². The average molecular weight is 261 g/mol. The van der Waals surface area contributed by atoms with E-state index < -0.39 is 0 Å². The lowest BCUT2D eigenvalue weighted by Gasteiger charge is -2.24. The summed E-state index contributed by atoms with van der Waals surface area (Å²) in [5.74, 6) is 2.01. The van der Waals surface area contributed by atoms with Crippen molar-refractivity contribution in [1.82, 2.24) is 15.3 Å². The molecule has 2 saturated heterocycles. The topological polar surface area (TPSA) is 53.1 Å². The van der Waals surface area contributed by atoms with Crippen molar-refractivity contribution >= 4 is 11.6 Å². The number of nitrogens with one attached hydrogen (secondary N) is 2. The fraction of sp³-hybridized carbons (Fsp3) is 0.714. The van der Waals surface area contributed by atoms with Crippen molar-refractivity contribution in [1.29, 1.82) is 0 Å².